The molecule has 0 aliphatic heterocycles. The lowest BCUT2D eigenvalue weighted by molar-refractivity contribution is -0.117. The second-order valence-corrected chi connectivity index (χ2v) is 5.64. The number of amides is 1. The Labute approximate surface area is 130 Å². The van der Waals surface area contributed by atoms with E-state index in [2.05, 4.69) is 17.4 Å². The van der Waals surface area contributed by atoms with Crippen LogP contribution in [0.1, 0.15) is 23.5 Å². The van der Waals surface area contributed by atoms with Crippen molar-refractivity contribution < 1.29 is 9.53 Å². The molecule has 0 aromatic heterocycles. The fourth-order valence-corrected chi connectivity index (χ4v) is 2.57. The average molecular weight is 296 g/mol. The molecule has 1 aliphatic rings. The van der Waals surface area contributed by atoms with Crippen LogP contribution in [0, 0.1) is 0 Å². The van der Waals surface area contributed by atoms with Crippen molar-refractivity contribution in [2.75, 3.05) is 6.54 Å². The molecule has 1 aliphatic carbocycles. The van der Waals surface area contributed by atoms with Crippen molar-refractivity contribution in [1.29, 1.82) is 0 Å². The summed E-state index contributed by atoms with van der Waals surface area (Å²) in [5.41, 5.74) is 7.57. The first-order valence-electron chi connectivity index (χ1n) is 7.51. The third kappa shape index (κ3) is 3.86. The van der Waals surface area contributed by atoms with Crippen molar-refractivity contribution in [2.45, 2.75) is 25.0 Å². The minimum atomic E-state index is -0.310. The van der Waals surface area contributed by atoms with Crippen molar-refractivity contribution in [3.8, 4) is 5.75 Å². The summed E-state index contributed by atoms with van der Waals surface area (Å²) in [5, 5.41) is 3.16. The maximum absolute atomic E-state index is 10.8. The minimum Gasteiger partial charge on any atom is -0.489 e. The van der Waals surface area contributed by atoms with Crippen LogP contribution in [0.4, 0.5) is 0 Å². The highest BCUT2D eigenvalue weighted by Crippen LogP contribution is 2.41. The number of carbonyl (C=O) groups is 1. The van der Waals surface area contributed by atoms with Crippen LogP contribution in [-0.4, -0.2) is 18.5 Å². The average Bonchev–Trinajstić information content (AvgIpc) is 3.32. The third-order valence-electron chi connectivity index (χ3n) is 3.89. The lowest BCUT2D eigenvalue weighted by Gasteiger charge is -2.07. The Morgan fingerprint density at radius 1 is 1.14 bits per heavy atom. The molecule has 2 aromatic rings. The summed E-state index contributed by atoms with van der Waals surface area (Å²) in [6, 6.07) is 18.7. The van der Waals surface area contributed by atoms with E-state index in [9.17, 15) is 4.79 Å². The minimum absolute atomic E-state index is 0.249. The Kier molecular flexibility index (Phi) is 4.39. The highest BCUT2D eigenvalue weighted by molar-refractivity contribution is 5.76. The molecule has 0 unspecified atom stereocenters. The SMILES string of the molecule is NC(=O)CN[C@H]1C[C@@H]1c1ccc(OCc2ccccc2)cc1. The quantitative estimate of drug-likeness (QED) is 0.823. The Bertz CT molecular complexity index is 625. The van der Waals surface area contributed by atoms with E-state index in [4.69, 9.17) is 10.5 Å². The molecule has 0 heterocycles. The fourth-order valence-electron chi connectivity index (χ4n) is 2.57. The molecule has 2 aromatic carbocycles. The highest BCUT2D eigenvalue weighted by Gasteiger charge is 2.37. The molecule has 1 amide bonds. The first-order valence-corrected chi connectivity index (χ1v) is 7.51. The topological polar surface area (TPSA) is 64.4 Å². The monoisotopic (exact) mass is 296 g/mol. The van der Waals surface area contributed by atoms with Gasteiger partial charge in [0.1, 0.15) is 12.4 Å². The van der Waals surface area contributed by atoms with Gasteiger partial charge in [-0.25, -0.2) is 0 Å². The lowest BCUT2D eigenvalue weighted by atomic mass is 10.1. The van der Waals surface area contributed by atoms with Gasteiger partial charge in [-0.15, -0.1) is 0 Å². The molecule has 0 radical (unpaired) electrons. The van der Waals surface area contributed by atoms with Gasteiger partial charge in [-0.2, -0.15) is 0 Å². The van der Waals surface area contributed by atoms with E-state index in [1.807, 2.05) is 42.5 Å². The van der Waals surface area contributed by atoms with Crippen LogP contribution >= 0.6 is 0 Å². The maximum Gasteiger partial charge on any atom is 0.231 e. The van der Waals surface area contributed by atoms with Gasteiger partial charge < -0.3 is 15.8 Å². The van der Waals surface area contributed by atoms with Gasteiger partial charge in [-0.1, -0.05) is 42.5 Å². The first kappa shape index (κ1) is 14.6. The van der Waals surface area contributed by atoms with Gasteiger partial charge >= 0.3 is 0 Å². The van der Waals surface area contributed by atoms with Gasteiger partial charge in [0.05, 0.1) is 6.54 Å². The van der Waals surface area contributed by atoms with E-state index in [0.717, 1.165) is 17.7 Å². The number of carbonyl (C=O) groups excluding carboxylic acids is 1. The molecule has 0 saturated heterocycles. The van der Waals surface area contributed by atoms with E-state index in [1.165, 1.54) is 5.56 Å². The molecule has 1 saturated carbocycles. The summed E-state index contributed by atoms with van der Waals surface area (Å²) >= 11 is 0. The normalized spacial score (nSPS) is 19.6. The Morgan fingerprint density at radius 3 is 2.55 bits per heavy atom. The first-order chi connectivity index (χ1) is 10.7. The van der Waals surface area contributed by atoms with Crippen LogP contribution in [-0.2, 0) is 11.4 Å². The zero-order valence-corrected chi connectivity index (χ0v) is 12.4. The summed E-state index contributed by atoms with van der Waals surface area (Å²) in [5.74, 6) is 1.03. The summed E-state index contributed by atoms with van der Waals surface area (Å²) in [6.45, 7) is 0.825. The van der Waals surface area contributed by atoms with Gasteiger partial charge in [0.25, 0.3) is 0 Å². The lowest BCUT2D eigenvalue weighted by Crippen LogP contribution is -2.30. The van der Waals surface area contributed by atoms with E-state index in [-0.39, 0.29) is 12.5 Å². The van der Waals surface area contributed by atoms with E-state index in [0.29, 0.717) is 18.6 Å². The Morgan fingerprint density at radius 2 is 1.86 bits per heavy atom. The summed E-state index contributed by atoms with van der Waals surface area (Å²) < 4.78 is 5.78. The largest absolute Gasteiger partial charge is 0.489 e. The number of rotatable bonds is 7. The van der Waals surface area contributed by atoms with Crippen LogP contribution < -0.4 is 15.8 Å². The van der Waals surface area contributed by atoms with Crippen LogP contribution in [0.5, 0.6) is 5.75 Å². The van der Waals surface area contributed by atoms with Crippen molar-refractivity contribution in [2.24, 2.45) is 5.73 Å². The van der Waals surface area contributed by atoms with Crippen molar-refractivity contribution in [1.82, 2.24) is 5.32 Å². The number of nitrogens with two attached hydrogens (primary N) is 1. The molecule has 2 atom stereocenters. The summed E-state index contributed by atoms with van der Waals surface area (Å²) in [7, 11) is 0. The summed E-state index contributed by atoms with van der Waals surface area (Å²) in [6.07, 6.45) is 1.05. The molecule has 22 heavy (non-hydrogen) atoms. The molecule has 1 fully saturated rings. The van der Waals surface area contributed by atoms with E-state index >= 15 is 0 Å². The Hall–Kier alpha value is -2.33. The standard InChI is InChI=1S/C18H20N2O2/c19-18(21)11-20-17-10-16(17)14-6-8-15(9-7-14)22-12-13-4-2-1-3-5-13/h1-9,16-17,20H,10-12H2,(H2,19,21)/t16-,17+/m1/s1. The van der Waals surface area contributed by atoms with Crippen LogP contribution in [0.15, 0.2) is 54.6 Å². The van der Waals surface area contributed by atoms with Gasteiger partial charge in [0, 0.05) is 12.0 Å². The fraction of sp³-hybridized carbons (Fsp3) is 0.278. The van der Waals surface area contributed by atoms with Gasteiger partial charge in [0.2, 0.25) is 5.91 Å². The van der Waals surface area contributed by atoms with Gasteiger partial charge in [-0.3, -0.25) is 4.79 Å². The number of primary amides is 1. The highest BCUT2D eigenvalue weighted by atomic mass is 16.5. The van der Waals surface area contributed by atoms with Gasteiger partial charge in [0.15, 0.2) is 0 Å². The zero-order chi connectivity index (χ0) is 15.4. The molecule has 114 valence electrons. The van der Waals surface area contributed by atoms with E-state index < -0.39 is 0 Å². The van der Waals surface area contributed by atoms with Crippen LogP contribution in [0.25, 0.3) is 0 Å². The molecular weight excluding hydrogens is 276 g/mol. The molecule has 3 rings (SSSR count). The predicted octanol–water partition coefficient (Wildman–Crippen LogP) is 2.20. The summed E-state index contributed by atoms with van der Waals surface area (Å²) in [4.78, 5) is 10.8. The van der Waals surface area contributed by atoms with Crippen LogP contribution in [0.3, 0.4) is 0 Å². The smallest absolute Gasteiger partial charge is 0.231 e. The van der Waals surface area contributed by atoms with Crippen LogP contribution in [0.2, 0.25) is 0 Å². The number of hydrogen-bond acceptors (Lipinski definition) is 3. The number of ether oxygens (including phenoxy) is 1. The molecule has 4 nitrogen and oxygen atoms in total. The Balaban J connectivity index is 1.50. The molecule has 0 bridgehead atoms. The second-order valence-electron chi connectivity index (χ2n) is 5.64. The number of benzene rings is 2. The molecular formula is C18H20N2O2. The van der Waals surface area contributed by atoms with Gasteiger partial charge in [-0.05, 0) is 29.7 Å². The van der Waals surface area contributed by atoms with Crippen molar-refractivity contribution in [3.05, 3.63) is 65.7 Å². The molecule has 0 spiro atoms. The number of nitrogens with one attached hydrogen (secondary N) is 1. The van der Waals surface area contributed by atoms with Crippen molar-refractivity contribution >= 4 is 5.91 Å². The van der Waals surface area contributed by atoms with E-state index in [1.54, 1.807) is 0 Å². The third-order valence-corrected chi connectivity index (χ3v) is 3.89. The molecule has 3 N–H and O–H groups in total. The number of hydrogen-bond donors (Lipinski definition) is 2. The molecule has 4 heteroatoms. The maximum atomic E-state index is 10.8. The predicted molar refractivity (Wildman–Crippen MR) is 85.6 cm³/mol. The van der Waals surface area contributed by atoms with Crippen molar-refractivity contribution in [3.63, 3.8) is 0 Å². The zero-order valence-electron chi connectivity index (χ0n) is 12.4. The second kappa shape index (κ2) is 6.62.